The average Bonchev–Trinajstić information content (AvgIpc) is 2.90. The Balaban J connectivity index is 4.47. The van der Waals surface area contributed by atoms with Crippen LogP contribution in [-0.4, -0.2) is 94.0 Å². The molecule has 0 saturated heterocycles. The van der Waals surface area contributed by atoms with Crippen LogP contribution in [0, 0.1) is 0 Å². The standard InChI is InChI=1S/C26H43N5O11/c1-3-4-5-14-27-20(33)12-9-18(25(39)40)31-23(36)13-10-19(26(41)42)30-22(35)7-6-15-28-21(34)11-8-17(24(37)38)29-16(2)32/h17-19H,3-15H2,1-2H3,(H,27,33)(H,28,34)(H,29,32)(H,30,35)(H,31,36)(H,37,38)(H,39,40)(H,41,42)/t17-,18-,19-/m0/s1. The van der Waals surface area contributed by atoms with E-state index >= 15 is 0 Å². The largest absolute Gasteiger partial charge is 0.480 e. The van der Waals surface area contributed by atoms with Crippen LogP contribution in [0.4, 0.5) is 0 Å². The van der Waals surface area contributed by atoms with Crippen molar-refractivity contribution in [2.75, 3.05) is 13.1 Å². The molecule has 42 heavy (non-hydrogen) atoms. The van der Waals surface area contributed by atoms with E-state index in [0.29, 0.717) is 6.54 Å². The monoisotopic (exact) mass is 601 g/mol. The maximum Gasteiger partial charge on any atom is 0.326 e. The van der Waals surface area contributed by atoms with E-state index in [0.717, 1.165) is 26.2 Å². The molecular formula is C26H43N5O11. The first kappa shape index (κ1) is 37.8. The Morgan fingerprint density at radius 3 is 1.31 bits per heavy atom. The molecule has 0 aliphatic carbocycles. The van der Waals surface area contributed by atoms with Crippen LogP contribution in [0.2, 0.25) is 0 Å². The fourth-order valence-corrected chi connectivity index (χ4v) is 3.63. The number of hydrogen-bond donors (Lipinski definition) is 8. The summed E-state index contributed by atoms with van der Waals surface area (Å²) in [4.78, 5) is 93.3. The van der Waals surface area contributed by atoms with Gasteiger partial charge in [-0.15, -0.1) is 0 Å². The molecule has 0 heterocycles. The van der Waals surface area contributed by atoms with Gasteiger partial charge in [0.15, 0.2) is 0 Å². The Bertz CT molecular complexity index is 957. The number of carboxylic acid groups (broad SMARTS) is 3. The minimum Gasteiger partial charge on any atom is -0.480 e. The summed E-state index contributed by atoms with van der Waals surface area (Å²) in [5, 5.41) is 39.7. The highest BCUT2D eigenvalue weighted by Gasteiger charge is 2.24. The molecular weight excluding hydrogens is 558 g/mol. The van der Waals surface area contributed by atoms with Gasteiger partial charge in [-0.2, -0.15) is 0 Å². The second kappa shape index (κ2) is 21.5. The van der Waals surface area contributed by atoms with Gasteiger partial charge < -0.3 is 41.9 Å². The molecule has 0 fully saturated rings. The molecule has 0 rings (SSSR count). The van der Waals surface area contributed by atoms with Crippen LogP contribution in [0.15, 0.2) is 0 Å². The summed E-state index contributed by atoms with van der Waals surface area (Å²) < 4.78 is 0. The predicted molar refractivity (Wildman–Crippen MR) is 147 cm³/mol. The van der Waals surface area contributed by atoms with E-state index in [1.807, 2.05) is 6.92 Å². The highest BCUT2D eigenvalue weighted by molar-refractivity contribution is 5.86. The lowest BCUT2D eigenvalue weighted by molar-refractivity contribution is -0.143. The fourth-order valence-electron chi connectivity index (χ4n) is 3.63. The molecule has 5 amide bonds. The smallest absolute Gasteiger partial charge is 0.326 e. The summed E-state index contributed by atoms with van der Waals surface area (Å²) in [6, 6.07) is -3.97. The third kappa shape index (κ3) is 18.9. The molecule has 0 saturated carbocycles. The zero-order valence-electron chi connectivity index (χ0n) is 24.0. The van der Waals surface area contributed by atoms with Crippen LogP contribution in [0.5, 0.6) is 0 Å². The molecule has 0 aromatic carbocycles. The number of aliphatic carboxylic acids is 3. The first-order valence-corrected chi connectivity index (χ1v) is 13.8. The van der Waals surface area contributed by atoms with Crippen molar-refractivity contribution in [1.82, 2.24) is 26.6 Å². The Labute approximate surface area is 243 Å². The predicted octanol–water partition coefficient (Wildman–Crippen LogP) is -0.742. The maximum absolute atomic E-state index is 12.2. The van der Waals surface area contributed by atoms with E-state index in [2.05, 4.69) is 26.6 Å². The van der Waals surface area contributed by atoms with Crippen LogP contribution < -0.4 is 26.6 Å². The second-order valence-electron chi connectivity index (χ2n) is 9.63. The van der Waals surface area contributed by atoms with Crippen molar-refractivity contribution in [2.24, 2.45) is 0 Å². The first-order valence-electron chi connectivity index (χ1n) is 13.8. The van der Waals surface area contributed by atoms with E-state index in [1.54, 1.807) is 0 Å². The zero-order valence-corrected chi connectivity index (χ0v) is 24.0. The highest BCUT2D eigenvalue weighted by atomic mass is 16.4. The number of rotatable bonds is 23. The number of carbonyl (C=O) groups is 8. The Kier molecular flexibility index (Phi) is 19.3. The van der Waals surface area contributed by atoms with Crippen LogP contribution in [-0.2, 0) is 38.4 Å². The van der Waals surface area contributed by atoms with Crippen molar-refractivity contribution in [2.45, 2.75) is 103 Å². The highest BCUT2D eigenvalue weighted by Crippen LogP contribution is 2.04. The van der Waals surface area contributed by atoms with Gasteiger partial charge in [-0.05, 0) is 32.1 Å². The second-order valence-corrected chi connectivity index (χ2v) is 9.63. The maximum atomic E-state index is 12.2. The normalized spacial score (nSPS) is 12.6. The Hall–Kier alpha value is -4.24. The molecule has 0 spiro atoms. The lowest BCUT2D eigenvalue weighted by atomic mass is 10.1. The molecule has 0 unspecified atom stereocenters. The summed E-state index contributed by atoms with van der Waals surface area (Å²) in [6.45, 7) is 3.70. The van der Waals surface area contributed by atoms with Crippen molar-refractivity contribution in [1.29, 1.82) is 0 Å². The van der Waals surface area contributed by atoms with Gasteiger partial charge in [0.2, 0.25) is 29.5 Å². The van der Waals surface area contributed by atoms with Crippen LogP contribution >= 0.6 is 0 Å². The third-order valence-electron chi connectivity index (χ3n) is 5.93. The lowest BCUT2D eigenvalue weighted by Crippen LogP contribution is -2.44. The number of carbonyl (C=O) groups excluding carboxylic acids is 5. The molecule has 3 atom stereocenters. The van der Waals surface area contributed by atoms with Crippen LogP contribution in [0.1, 0.15) is 84.5 Å². The number of amides is 5. The van der Waals surface area contributed by atoms with Gasteiger partial charge in [0.1, 0.15) is 18.1 Å². The number of hydrogen-bond acceptors (Lipinski definition) is 8. The van der Waals surface area contributed by atoms with Crippen molar-refractivity contribution < 1.29 is 53.7 Å². The van der Waals surface area contributed by atoms with E-state index in [-0.39, 0.29) is 57.4 Å². The molecule has 0 aromatic heterocycles. The van der Waals surface area contributed by atoms with Crippen molar-refractivity contribution >= 4 is 47.4 Å². The molecule has 16 nitrogen and oxygen atoms in total. The molecule has 0 radical (unpaired) electrons. The summed E-state index contributed by atoms with van der Waals surface area (Å²) in [7, 11) is 0. The third-order valence-corrected chi connectivity index (χ3v) is 5.93. The number of unbranched alkanes of at least 4 members (excludes halogenated alkanes) is 2. The lowest BCUT2D eigenvalue weighted by Gasteiger charge is -2.17. The average molecular weight is 602 g/mol. The summed E-state index contributed by atoms with van der Waals surface area (Å²) in [5.74, 6) is -6.80. The molecule has 0 aliphatic rings. The molecule has 16 heteroatoms. The Morgan fingerprint density at radius 1 is 0.524 bits per heavy atom. The summed E-state index contributed by atoms with van der Waals surface area (Å²) in [5.41, 5.74) is 0. The van der Waals surface area contributed by atoms with Crippen LogP contribution in [0.3, 0.4) is 0 Å². The quantitative estimate of drug-likeness (QED) is 0.0676. The van der Waals surface area contributed by atoms with Crippen molar-refractivity contribution in [3.05, 3.63) is 0 Å². The minimum atomic E-state index is -1.42. The van der Waals surface area contributed by atoms with Gasteiger partial charge in [-0.1, -0.05) is 19.8 Å². The van der Waals surface area contributed by atoms with E-state index in [1.165, 1.54) is 0 Å². The van der Waals surface area contributed by atoms with Crippen LogP contribution in [0.25, 0.3) is 0 Å². The topological polar surface area (TPSA) is 257 Å². The van der Waals surface area contributed by atoms with Gasteiger partial charge in [0.25, 0.3) is 0 Å². The van der Waals surface area contributed by atoms with Gasteiger partial charge in [0, 0.05) is 45.7 Å². The summed E-state index contributed by atoms with van der Waals surface area (Å²) in [6.07, 6.45) is 1.46. The van der Waals surface area contributed by atoms with Crippen molar-refractivity contribution in [3.8, 4) is 0 Å². The van der Waals surface area contributed by atoms with E-state index < -0.39 is 66.1 Å². The van der Waals surface area contributed by atoms with Gasteiger partial charge in [-0.25, -0.2) is 14.4 Å². The minimum absolute atomic E-state index is 0.0532. The van der Waals surface area contributed by atoms with Gasteiger partial charge in [0.05, 0.1) is 0 Å². The summed E-state index contributed by atoms with van der Waals surface area (Å²) >= 11 is 0. The van der Waals surface area contributed by atoms with E-state index in [9.17, 15) is 48.6 Å². The number of carboxylic acids is 3. The molecule has 8 N–H and O–H groups in total. The molecule has 0 bridgehead atoms. The first-order chi connectivity index (χ1) is 19.8. The number of nitrogens with one attached hydrogen (secondary N) is 5. The SMILES string of the molecule is CCCCCNC(=O)CC[C@H](NC(=O)CC[C@H](NC(=O)CCCNC(=O)CC[C@H](NC(C)=O)C(=O)O)C(=O)O)C(=O)O. The van der Waals surface area contributed by atoms with Gasteiger partial charge >= 0.3 is 17.9 Å². The Morgan fingerprint density at radius 2 is 0.905 bits per heavy atom. The molecule has 238 valence electrons. The fraction of sp³-hybridized carbons (Fsp3) is 0.692. The van der Waals surface area contributed by atoms with E-state index in [4.69, 9.17) is 5.11 Å². The van der Waals surface area contributed by atoms with Gasteiger partial charge in [-0.3, -0.25) is 24.0 Å². The molecule has 0 aromatic rings. The zero-order chi connectivity index (χ0) is 32.1. The molecule has 0 aliphatic heterocycles. The van der Waals surface area contributed by atoms with Crippen molar-refractivity contribution in [3.63, 3.8) is 0 Å².